The van der Waals surface area contributed by atoms with Gasteiger partial charge in [-0.05, 0) is 64.7 Å². The maximum Gasteiger partial charge on any atom is 0.350 e. The molecule has 0 aromatic heterocycles. The standard InChI is InChI=1S/C35H60N6O6/c1-3-28-12-6-7-17-34(47-28)23-26-14-15-29-31(35(18-9-11-25(2)46-35)39-33(38-34)41(26)29)32(44)45-22-8-4-5-13-30(43)40(21-10-19-36)24-27(42)16-20-37/h6,12,25-29,31,42H,3-5,7-11,13-24,36-37H2,1-2H3,(H,38,39)/p+3/t25-,26+,27+,28+,29-,31-,34+,35-/m1/s1. The summed E-state index contributed by atoms with van der Waals surface area (Å²) in [5.41, 5.74) is 6.44. The normalized spacial score (nSPS) is 33.6. The largest absolute Gasteiger partial charge is 0.465 e. The summed E-state index contributed by atoms with van der Waals surface area (Å²) in [5, 5.41) is 17.8. The third-order valence-electron chi connectivity index (χ3n) is 10.9. The van der Waals surface area contributed by atoms with Crippen molar-refractivity contribution in [3.63, 3.8) is 0 Å². The molecule has 5 rings (SSSR count). The molecule has 5 aliphatic heterocycles. The molecule has 0 unspecified atom stereocenters. The zero-order chi connectivity index (χ0) is 33.4. The van der Waals surface area contributed by atoms with Crippen molar-refractivity contribution in [2.45, 2.75) is 152 Å². The molecule has 0 aromatic carbocycles. The number of carbonyl (C=O) groups is 2. The minimum absolute atomic E-state index is 0.00513. The first-order valence-corrected chi connectivity index (χ1v) is 18.7. The zero-order valence-electron chi connectivity index (χ0n) is 29.1. The number of esters is 1. The molecule has 266 valence electrons. The van der Waals surface area contributed by atoms with E-state index in [1.807, 2.05) is 0 Å². The number of carbonyl (C=O) groups excluding carboxylic acids is 2. The van der Waals surface area contributed by atoms with Crippen LogP contribution in [-0.4, -0.2) is 107 Å². The first-order valence-electron chi connectivity index (χ1n) is 18.7. The number of rotatable bonds is 15. The van der Waals surface area contributed by atoms with Gasteiger partial charge in [0.1, 0.15) is 0 Å². The van der Waals surface area contributed by atoms with E-state index in [4.69, 9.17) is 14.2 Å². The lowest BCUT2D eigenvalue weighted by Crippen LogP contribution is -2.76. The highest BCUT2D eigenvalue weighted by Gasteiger charge is 2.64. The maximum atomic E-state index is 14.0. The highest BCUT2D eigenvalue weighted by atomic mass is 16.6. The van der Waals surface area contributed by atoms with Gasteiger partial charge in [0.05, 0.1) is 50.1 Å². The molecule has 2 fully saturated rings. The first kappa shape index (κ1) is 36.0. The van der Waals surface area contributed by atoms with Gasteiger partial charge in [-0.1, -0.05) is 19.1 Å². The van der Waals surface area contributed by atoms with Gasteiger partial charge in [-0.15, -0.1) is 0 Å². The van der Waals surface area contributed by atoms with Crippen LogP contribution >= 0.6 is 0 Å². The molecule has 12 nitrogen and oxygen atoms in total. The zero-order valence-corrected chi connectivity index (χ0v) is 29.1. The monoisotopic (exact) mass is 663 g/mol. The summed E-state index contributed by atoms with van der Waals surface area (Å²) in [7, 11) is 0. The Hall–Kier alpha value is -2.25. The summed E-state index contributed by atoms with van der Waals surface area (Å²) in [4.78, 5) is 28.7. The van der Waals surface area contributed by atoms with Crippen LogP contribution < -0.4 is 22.1 Å². The van der Waals surface area contributed by atoms with Crippen LogP contribution in [0.5, 0.6) is 0 Å². The Balaban J connectivity index is 1.19. The average molecular weight is 664 g/mol. The third-order valence-corrected chi connectivity index (χ3v) is 10.9. The highest BCUT2D eigenvalue weighted by Crippen LogP contribution is 2.45. The number of quaternary nitrogens is 2. The Bertz CT molecular complexity index is 1140. The molecular weight excluding hydrogens is 600 g/mol. The van der Waals surface area contributed by atoms with Crippen LogP contribution in [0.4, 0.5) is 0 Å². The minimum atomic E-state index is -0.818. The molecule has 5 heterocycles. The molecule has 5 aliphatic rings. The Kier molecular flexibility index (Phi) is 12.6. The minimum Gasteiger partial charge on any atom is -0.465 e. The van der Waals surface area contributed by atoms with Gasteiger partial charge in [0.25, 0.3) is 0 Å². The molecule has 0 bridgehead atoms. The molecule has 0 saturated carbocycles. The number of allylic oxidation sites excluding steroid dienone is 1. The van der Waals surface area contributed by atoms with Crippen molar-refractivity contribution in [2.75, 3.05) is 32.8 Å². The van der Waals surface area contributed by atoms with E-state index >= 15 is 0 Å². The van der Waals surface area contributed by atoms with Crippen LogP contribution in [0.3, 0.4) is 0 Å². The molecule has 9 N–H and O–H groups in total. The van der Waals surface area contributed by atoms with Crippen molar-refractivity contribution in [3.8, 4) is 0 Å². The second-order valence-corrected chi connectivity index (χ2v) is 14.5. The van der Waals surface area contributed by atoms with Gasteiger partial charge in [0.15, 0.2) is 11.6 Å². The molecule has 0 aliphatic carbocycles. The average Bonchev–Trinajstić information content (AvgIpc) is 3.34. The predicted octanol–water partition coefficient (Wildman–Crippen LogP) is 0.783. The van der Waals surface area contributed by atoms with E-state index in [0.717, 1.165) is 89.6 Å². The Morgan fingerprint density at radius 2 is 1.98 bits per heavy atom. The number of hydrogen-bond donors (Lipinski definition) is 5. The molecular formula is C35H63N6O6+3. The van der Waals surface area contributed by atoms with E-state index in [1.165, 1.54) is 0 Å². The van der Waals surface area contributed by atoms with Crippen LogP contribution in [-0.2, 0) is 23.8 Å². The molecule has 2 spiro atoms. The van der Waals surface area contributed by atoms with Gasteiger partial charge in [-0.25, -0.2) is 10.6 Å². The number of nitrogens with one attached hydrogen (secondary N) is 2. The van der Waals surface area contributed by atoms with Crippen molar-refractivity contribution in [2.24, 2.45) is 5.92 Å². The van der Waals surface area contributed by atoms with Crippen LogP contribution in [0, 0.1) is 5.92 Å². The summed E-state index contributed by atoms with van der Waals surface area (Å²) in [6.07, 6.45) is 16.4. The fourth-order valence-corrected chi connectivity index (χ4v) is 8.57. The number of hydrogen-bond acceptors (Lipinski definition) is 8. The van der Waals surface area contributed by atoms with Crippen LogP contribution in [0.2, 0.25) is 0 Å². The van der Waals surface area contributed by atoms with Crippen molar-refractivity contribution in [1.82, 2.24) is 15.5 Å². The number of nitrogens with zero attached hydrogens (tertiary/aromatic N) is 2. The summed E-state index contributed by atoms with van der Waals surface area (Å²) in [6, 6.07) is 0.295. The number of aliphatic hydroxyl groups excluding tert-OH is 1. The van der Waals surface area contributed by atoms with Gasteiger partial charge in [-0.3, -0.25) is 14.2 Å². The van der Waals surface area contributed by atoms with Gasteiger partial charge < -0.3 is 35.7 Å². The second kappa shape index (κ2) is 16.4. The first-order chi connectivity index (χ1) is 22.7. The van der Waals surface area contributed by atoms with Gasteiger partial charge in [0, 0.05) is 51.6 Å². The second-order valence-electron chi connectivity index (χ2n) is 14.5. The van der Waals surface area contributed by atoms with Crippen LogP contribution in [0.15, 0.2) is 12.2 Å². The lowest BCUT2D eigenvalue weighted by atomic mass is 9.80. The SMILES string of the molecule is CC[C@H]1C=CCC[C@@]2(C[C@@H]3CC[C@@H]4[C@H](C(=O)OCCCCCC(=O)N(CCC[NH3+])C[C@@H](O)CC[NH3+])[C@]5(CCC[C@@H](C)O5)NC(=[N+]34)N2)O1. The topological polar surface area (TPSA) is 168 Å². The lowest BCUT2D eigenvalue weighted by molar-refractivity contribution is -0.609. The van der Waals surface area contributed by atoms with Gasteiger partial charge >= 0.3 is 11.9 Å². The number of amides is 1. The molecule has 8 atom stereocenters. The number of ether oxygens (including phenoxy) is 3. The van der Waals surface area contributed by atoms with E-state index in [1.54, 1.807) is 4.90 Å². The van der Waals surface area contributed by atoms with E-state index in [0.29, 0.717) is 51.5 Å². The van der Waals surface area contributed by atoms with Crippen LogP contribution in [0.25, 0.3) is 0 Å². The smallest absolute Gasteiger partial charge is 0.350 e. The van der Waals surface area contributed by atoms with Crippen molar-refractivity contribution >= 4 is 17.8 Å². The molecule has 12 heteroatoms. The van der Waals surface area contributed by atoms with Crippen LogP contribution in [0.1, 0.15) is 110 Å². The Morgan fingerprint density at radius 1 is 1.13 bits per heavy atom. The molecule has 1 amide bonds. The number of unbranched alkanes of at least 4 members (excludes halogenated alkanes) is 2. The Labute approximate surface area is 281 Å². The highest BCUT2D eigenvalue weighted by molar-refractivity contribution is 5.82. The quantitative estimate of drug-likeness (QED) is 0.0742. The van der Waals surface area contributed by atoms with Gasteiger partial charge in [0.2, 0.25) is 11.6 Å². The van der Waals surface area contributed by atoms with E-state index < -0.39 is 23.5 Å². The predicted molar refractivity (Wildman–Crippen MR) is 177 cm³/mol. The van der Waals surface area contributed by atoms with E-state index in [9.17, 15) is 14.7 Å². The fourth-order valence-electron chi connectivity index (χ4n) is 8.57. The van der Waals surface area contributed by atoms with Gasteiger partial charge in [-0.2, -0.15) is 0 Å². The number of aliphatic hydroxyl groups is 1. The van der Waals surface area contributed by atoms with Crippen molar-refractivity contribution in [1.29, 1.82) is 0 Å². The summed E-state index contributed by atoms with van der Waals surface area (Å²) in [5.74, 6) is 0.398. The Morgan fingerprint density at radius 3 is 2.74 bits per heavy atom. The summed E-state index contributed by atoms with van der Waals surface area (Å²) < 4.78 is 21.9. The van der Waals surface area contributed by atoms with E-state index in [2.05, 4.69) is 52.7 Å². The number of guanidine groups is 1. The van der Waals surface area contributed by atoms with Crippen molar-refractivity contribution in [3.05, 3.63) is 12.2 Å². The molecule has 0 radical (unpaired) electrons. The van der Waals surface area contributed by atoms with E-state index in [-0.39, 0.29) is 30.1 Å². The maximum absolute atomic E-state index is 14.0. The molecule has 2 saturated heterocycles. The molecule has 0 aromatic rings. The summed E-state index contributed by atoms with van der Waals surface area (Å²) in [6.45, 7) is 6.96. The fraction of sp³-hybridized carbons (Fsp3) is 0.857. The lowest BCUT2D eigenvalue weighted by Gasteiger charge is -2.50. The molecule has 47 heavy (non-hydrogen) atoms. The van der Waals surface area contributed by atoms with Crippen molar-refractivity contribution < 1.29 is 44.9 Å². The summed E-state index contributed by atoms with van der Waals surface area (Å²) >= 11 is 0. The third kappa shape index (κ3) is 8.49.